The first-order chi connectivity index (χ1) is 16.3. The zero-order chi connectivity index (χ0) is 23.9. The molecular formula is C24H21ClF3N5O. The van der Waals surface area contributed by atoms with E-state index in [1.54, 1.807) is 29.3 Å². The Labute approximate surface area is 198 Å². The molecule has 3 N–H and O–H groups in total. The van der Waals surface area contributed by atoms with Gasteiger partial charge in [0.25, 0.3) is 0 Å². The number of benzene rings is 1. The van der Waals surface area contributed by atoms with Gasteiger partial charge in [0.15, 0.2) is 0 Å². The minimum absolute atomic E-state index is 0.0145. The van der Waals surface area contributed by atoms with Gasteiger partial charge >= 0.3 is 6.18 Å². The number of aliphatic hydroxyl groups excluding tert-OH is 1. The minimum Gasteiger partial charge on any atom is -0.391 e. The number of nitrogens with one attached hydrogen (secondary N) is 2. The van der Waals surface area contributed by atoms with Gasteiger partial charge in [-0.3, -0.25) is 4.68 Å². The van der Waals surface area contributed by atoms with Crippen molar-refractivity contribution in [3.8, 4) is 11.1 Å². The molecule has 1 aromatic carbocycles. The van der Waals surface area contributed by atoms with Crippen LogP contribution in [0.4, 0.5) is 13.2 Å². The second-order valence-corrected chi connectivity index (χ2v) is 8.70. The van der Waals surface area contributed by atoms with Gasteiger partial charge in [-0.25, -0.2) is 4.98 Å². The number of nitrogens with zero attached hydrogens (tertiary/aromatic N) is 3. The Morgan fingerprint density at radius 2 is 1.94 bits per heavy atom. The molecule has 0 aliphatic carbocycles. The third-order valence-corrected chi connectivity index (χ3v) is 6.25. The lowest BCUT2D eigenvalue weighted by Gasteiger charge is -2.28. The highest BCUT2D eigenvalue weighted by molar-refractivity contribution is 6.30. The average molecular weight is 488 g/mol. The van der Waals surface area contributed by atoms with Crippen LogP contribution in [0.5, 0.6) is 0 Å². The van der Waals surface area contributed by atoms with Gasteiger partial charge in [0.1, 0.15) is 5.65 Å². The molecule has 1 aliphatic rings. The van der Waals surface area contributed by atoms with Gasteiger partial charge in [-0.2, -0.15) is 18.3 Å². The average Bonchev–Trinajstić information content (AvgIpc) is 3.44. The molecule has 1 aliphatic heterocycles. The maximum Gasteiger partial charge on any atom is 0.416 e. The summed E-state index contributed by atoms with van der Waals surface area (Å²) in [5, 5.41) is 19.0. The zero-order valence-electron chi connectivity index (χ0n) is 17.9. The monoisotopic (exact) mass is 487 g/mol. The number of hydrogen-bond acceptors (Lipinski definition) is 4. The number of H-pyrrole nitrogens is 1. The van der Waals surface area contributed by atoms with Crippen molar-refractivity contribution in [2.24, 2.45) is 0 Å². The number of hydrogen-bond donors (Lipinski definition) is 3. The topological polar surface area (TPSA) is 78.8 Å². The molecule has 10 heteroatoms. The van der Waals surface area contributed by atoms with E-state index in [1.165, 1.54) is 18.2 Å². The molecular weight excluding hydrogens is 467 g/mol. The molecule has 0 spiro atoms. The Hall–Kier alpha value is -3.14. The smallest absolute Gasteiger partial charge is 0.391 e. The van der Waals surface area contributed by atoms with Crippen LogP contribution in [0, 0.1) is 0 Å². The van der Waals surface area contributed by atoms with E-state index in [-0.39, 0.29) is 16.6 Å². The number of aromatic nitrogens is 4. The molecule has 0 saturated carbocycles. The van der Waals surface area contributed by atoms with E-state index in [1.807, 2.05) is 12.3 Å². The summed E-state index contributed by atoms with van der Waals surface area (Å²) in [5.74, 6) is 0. The van der Waals surface area contributed by atoms with E-state index in [4.69, 9.17) is 11.6 Å². The van der Waals surface area contributed by atoms with Gasteiger partial charge in [-0.15, -0.1) is 0 Å². The fourth-order valence-electron chi connectivity index (χ4n) is 4.20. The van der Waals surface area contributed by atoms with E-state index in [2.05, 4.69) is 20.4 Å². The molecule has 2 atom stereocenters. The first kappa shape index (κ1) is 22.6. The Morgan fingerprint density at radius 3 is 2.74 bits per heavy atom. The van der Waals surface area contributed by atoms with Gasteiger partial charge in [0, 0.05) is 52.2 Å². The van der Waals surface area contributed by atoms with Crippen molar-refractivity contribution in [2.45, 2.75) is 24.7 Å². The summed E-state index contributed by atoms with van der Waals surface area (Å²) in [7, 11) is 0. The van der Waals surface area contributed by atoms with Crippen LogP contribution in [-0.2, 0) is 6.18 Å². The number of rotatable bonds is 4. The number of piperidine rings is 1. The normalized spacial score (nSPS) is 19.3. The summed E-state index contributed by atoms with van der Waals surface area (Å²) in [6.45, 7) is 1.41. The summed E-state index contributed by atoms with van der Waals surface area (Å²) < 4.78 is 41.9. The number of alkyl halides is 3. The Balaban J connectivity index is 1.47. The highest BCUT2D eigenvalue weighted by Gasteiger charge is 2.32. The van der Waals surface area contributed by atoms with Crippen LogP contribution < -0.4 is 5.32 Å². The van der Waals surface area contributed by atoms with E-state index in [0.717, 1.165) is 29.1 Å². The van der Waals surface area contributed by atoms with Crippen LogP contribution in [0.25, 0.3) is 34.3 Å². The highest BCUT2D eigenvalue weighted by Crippen LogP contribution is 2.35. The molecule has 1 saturated heterocycles. The molecule has 1 fully saturated rings. The molecule has 34 heavy (non-hydrogen) atoms. The van der Waals surface area contributed by atoms with Crippen molar-refractivity contribution >= 4 is 34.8 Å². The number of aliphatic hydroxyl groups is 1. The van der Waals surface area contributed by atoms with Crippen LogP contribution in [-0.4, -0.2) is 44.0 Å². The van der Waals surface area contributed by atoms with Crippen molar-refractivity contribution in [1.82, 2.24) is 25.1 Å². The first-order valence-corrected chi connectivity index (χ1v) is 11.1. The predicted molar refractivity (Wildman–Crippen MR) is 125 cm³/mol. The van der Waals surface area contributed by atoms with Crippen LogP contribution in [0.3, 0.4) is 0 Å². The molecule has 4 aromatic rings. The van der Waals surface area contributed by atoms with Gasteiger partial charge in [-0.05, 0) is 42.8 Å². The molecule has 0 amide bonds. The van der Waals surface area contributed by atoms with Crippen LogP contribution in [0.2, 0.25) is 5.02 Å². The van der Waals surface area contributed by atoms with E-state index in [9.17, 15) is 18.3 Å². The van der Waals surface area contributed by atoms with Crippen LogP contribution in [0.1, 0.15) is 29.2 Å². The maximum absolute atomic E-state index is 13.4. The third-order valence-electron chi connectivity index (χ3n) is 6.01. The SMILES string of the molecule is OC1CCNCC1n1cc(-c2cnc3[nH]cc(C=Cc4cc(Cl)ccc4C(F)(F)F)c3c2)cn1. The lowest BCUT2D eigenvalue weighted by atomic mass is 10.0. The van der Waals surface area contributed by atoms with E-state index < -0.39 is 17.8 Å². The van der Waals surface area contributed by atoms with Crippen molar-refractivity contribution in [3.63, 3.8) is 0 Å². The summed E-state index contributed by atoms with van der Waals surface area (Å²) in [5.41, 5.74) is 2.18. The Morgan fingerprint density at radius 1 is 1.12 bits per heavy atom. The second-order valence-electron chi connectivity index (χ2n) is 8.26. The molecule has 176 valence electrons. The molecule has 2 unspecified atom stereocenters. The second kappa shape index (κ2) is 8.90. The molecule has 5 rings (SSSR count). The van der Waals surface area contributed by atoms with Crippen molar-refractivity contribution in [1.29, 1.82) is 0 Å². The summed E-state index contributed by atoms with van der Waals surface area (Å²) in [6, 6.07) is 5.27. The quantitative estimate of drug-likeness (QED) is 0.371. The van der Waals surface area contributed by atoms with Gasteiger partial charge < -0.3 is 15.4 Å². The largest absolute Gasteiger partial charge is 0.416 e. The van der Waals surface area contributed by atoms with E-state index in [0.29, 0.717) is 24.2 Å². The maximum atomic E-state index is 13.4. The first-order valence-electron chi connectivity index (χ1n) is 10.7. The molecule has 0 bridgehead atoms. The van der Waals surface area contributed by atoms with E-state index >= 15 is 0 Å². The number of fused-ring (bicyclic) bond motifs is 1. The number of pyridine rings is 1. The standard InChI is InChI=1S/C24H21ClF3N5O/c25-18-3-4-20(24(26,27)28)14(7-18)1-2-15-9-30-23-19(15)8-16(10-31-23)17-11-32-33(13-17)21-12-29-6-5-22(21)34/h1-4,7-11,13,21-22,29,34H,5-6,12H2,(H,30,31). The number of halogens is 4. The fraction of sp³-hybridized carbons (Fsp3) is 0.250. The summed E-state index contributed by atoms with van der Waals surface area (Å²) >= 11 is 5.93. The fourth-order valence-corrected chi connectivity index (χ4v) is 4.38. The molecule has 3 aromatic heterocycles. The van der Waals surface area contributed by atoms with Crippen LogP contribution in [0.15, 0.2) is 49.1 Å². The lowest BCUT2D eigenvalue weighted by Crippen LogP contribution is -2.41. The Kier molecular flexibility index (Phi) is 5.93. The zero-order valence-corrected chi connectivity index (χ0v) is 18.6. The van der Waals surface area contributed by atoms with Gasteiger partial charge in [0.05, 0.1) is 23.9 Å². The van der Waals surface area contributed by atoms with Crippen LogP contribution >= 0.6 is 11.6 Å². The summed E-state index contributed by atoms with van der Waals surface area (Å²) in [6.07, 6.45) is 5.71. The molecule has 4 heterocycles. The lowest BCUT2D eigenvalue weighted by molar-refractivity contribution is -0.137. The van der Waals surface area contributed by atoms with Gasteiger partial charge in [-0.1, -0.05) is 23.8 Å². The van der Waals surface area contributed by atoms with Gasteiger partial charge in [0.2, 0.25) is 0 Å². The third kappa shape index (κ3) is 4.46. The summed E-state index contributed by atoms with van der Waals surface area (Å²) in [4.78, 5) is 7.50. The minimum atomic E-state index is -4.49. The number of aromatic amines is 1. The Bertz CT molecular complexity index is 1360. The highest BCUT2D eigenvalue weighted by atomic mass is 35.5. The van der Waals surface area contributed by atoms with Crippen molar-refractivity contribution < 1.29 is 18.3 Å². The molecule has 6 nitrogen and oxygen atoms in total. The predicted octanol–water partition coefficient (Wildman–Crippen LogP) is 5.16. The van der Waals surface area contributed by atoms with Crippen molar-refractivity contribution in [3.05, 3.63) is 70.8 Å². The van der Waals surface area contributed by atoms with Crippen molar-refractivity contribution in [2.75, 3.05) is 13.1 Å². The molecule has 0 radical (unpaired) electrons.